The fourth-order valence-electron chi connectivity index (χ4n) is 6.98. The highest BCUT2D eigenvalue weighted by Gasteiger charge is 2.30. The molecule has 2 fully saturated rings. The van der Waals surface area contributed by atoms with E-state index in [2.05, 4.69) is 34.2 Å². The van der Waals surface area contributed by atoms with Gasteiger partial charge in [-0.2, -0.15) is 0 Å². The van der Waals surface area contributed by atoms with Gasteiger partial charge in [-0.25, -0.2) is 0 Å². The molecule has 2 aliphatic rings. The molecule has 15 heteroatoms. The molecular weight excluding hydrogens is 759 g/mol. The van der Waals surface area contributed by atoms with Gasteiger partial charge in [0.05, 0.1) is 24.2 Å². The molecule has 57 heavy (non-hydrogen) atoms. The standard InChI is InChI=1S/C42H40BN6O6S2/c1-25-19-39(50)48(21-25)23-33-35(52-31-15-11-29(12-16-31)41-46-44-27(3)56-41)7-5-9-37(33)54-43-55-38-10-6-8-36(34(38)24-49-22-26(2)20-40(49)51)53-32-17-13-30(14-18-32)42-47-45-28(4)57-42/h5-18,25-26H,19-24H2,1-4H3. The Kier molecular flexibility index (Phi) is 11.2. The molecule has 289 valence electrons. The molecule has 2 atom stereocenters. The number of aryl methyl sites for hydroxylation is 2. The predicted octanol–water partition coefficient (Wildman–Crippen LogP) is 8.65. The van der Waals surface area contributed by atoms with Crippen molar-refractivity contribution in [3.63, 3.8) is 0 Å². The minimum Gasteiger partial charge on any atom is -0.526 e. The van der Waals surface area contributed by atoms with E-state index < -0.39 is 0 Å². The van der Waals surface area contributed by atoms with Crippen LogP contribution in [0.5, 0.6) is 34.5 Å². The maximum atomic E-state index is 13.0. The molecule has 2 amide bonds. The van der Waals surface area contributed by atoms with Gasteiger partial charge >= 0.3 is 7.69 Å². The second kappa shape index (κ2) is 16.7. The lowest BCUT2D eigenvalue weighted by atomic mass is 10.1. The van der Waals surface area contributed by atoms with Gasteiger partial charge < -0.3 is 28.6 Å². The third-order valence-electron chi connectivity index (χ3n) is 9.75. The fourth-order valence-corrected chi connectivity index (χ4v) is 8.37. The maximum absolute atomic E-state index is 13.0. The zero-order chi connectivity index (χ0) is 39.5. The molecule has 4 heterocycles. The highest BCUT2D eigenvalue weighted by molar-refractivity contribution is 7.14. The Morgan fingerprint density at radius 3 is 1.35 bits per heavy atom. The number of nitrogens with zero attached hydrogens (tertiary/aromatic N) is 6. The van der Waals surface area contributed by atoms with Crippen molar-refractivity contribution in [3.8, 4) is 55.6 Å². The third kappa shape index (κ3) is 8.94. The van der Waals surface area contributed by atoms with E-state index in [0.29, 0.717) is 84.6 Å². The number of hydrogen-bond donors (Lipinski definition) is 0. The summed E-state index contributed by atoms with van der Waals surface area (Å²) in [6, 6.07) is 26.4. The summed E-state index contributed by atoms with van der Waals surface area (Å²) in [7, 11) is 1.27. The average Bonchev–Trinajstić information content (AvgIpc) is 3.98. The van der Waals surface area contributed by atoms with Crippen molar-refractivity contribution in [3.05, 3.63) is 106 Å². The van der Waals surface area contributed by atoms with Gasteiger partial charge in [-0.15, -0.1) is 20.4 Å². The summed E-state index contributed by atoms with van der Waals surface area (Å²) in [6.45, 7) is 9.86. The van der Waals surface area contributed by atoms with E-state index in [1.807, 2.05) is 109 Å². The molecule has 1 radical (unpaired) electrons. The monoisotopic (exact) mass is 799 g/mol. The molecular formula is C42H40BN6O6S2. The minimum absolute atomic E-state index is 0.0809. The Labute approximate surface area is 339 Å². The zero-order valence-electron chi connectivity index (χ0n) is 32.0. The lowest BCUT2D eigenvalue weighted by Crippen LogP contribution is -2.26. The summed E-state index contributed by atoms with van der Waals surface area (Å²) >= 11 is 3.06. The summed E-state index contributed by atoms with van der Waals surface area (Å²) in [4.78, 5) is 29.6. The van der Waals surface area contributed by atoms with Crippen LogP contribution in [0.3, 0.4) is 0 Å². The molecule has 2 aliphatic heterocycles. The molecule has 0 aliphatic carbocycles. The topological polar surface area (TPSA) is 129 Å². The molecule has 0 spiro atoms. The van der Waals surface area contributed by atoms with Gasteiger partial charge in [0.25, 0.3) is 0 Å². The molecule has 2 saturated heterocycles. The van der Waals surface area contributed by atoms with Crippen molar-refractivity contribution >= 4 is 42.2 Å². The molecule has 0 saturated carbocycles. The molecule has 0 bridgehead atoms. The van der Waals surface area contributed by atoms with E-state index in [4.69, 9.17) is 18.8 Å². The van der Waals surface area contributed by atoms with Crippen LogP contribution < -0.4 is 18.8 Å². The summed E-state index contributed by atoms with van der Waals surface area (Å²) in [5.74, 6) is 3.96. The van der Waals surface area contributed by atoms with Crippen LogP contribution in [0.4, 0.5) is 0 Å². The molecule has 12 nitrogen and oxygen atoms in total. The first-order valence-corrected chi connectivity index (χ1v) is 20.4. The number of benzene rings is 4. The first kappa shape index (κ1) is 38.1. The van der Waals surface area contributed by atoms with Gasteiger partial charge in [-0.05, 0) is 98.5 Å². The van der Waals surface area contributed by atoms with E-state index in [-0.39, 0.29) is 23.7 Å². The van der Waals surface area contributed by atoms with Crippen LogP contribution in [0.25, 0.3) is 21.1 Å². The normalized spacial score (nSPS) is 16.6. The van der Waals surface area contributed by atoms with Crippen molar-refractivity contribution < 1.29 is 28.4 Å². The van der Waals surface area contributed by atoms with Crippen LogP contribution >= 0.6 is 22.7 Å². The van der Waals surface area contributed by atoms with Gasteiger partial charge in [-0.3, -0.25) is 9.59 Å². The van der Waals surface area contributed by atoms with E-state index in [0.717, 1.165) is 31.2 Å². The summed E-state index contributed by atoms with van der Waals surface area (Å²) in [6.07, 6.45) is 0.987. The first-order chi connectivity index (χ1) is 27.6. The molecule has 2 aromatic heterocycles. The smallest absolute Gasteiger partial charge is 0.526 e. The second-order valence-electron chi connectivity index (χ2n) is 14.5. The minimum atomic E-state index is 0.0809. The zero-order valence-corrected chi connectivity index (χ0v) is 33.6. The van der Waals surface area contributed by atoms with Gasteiger partial charge in [0.2, 0.25) is 11.8 Å². The van der Waals surface area contributed by atoms with E-state index in [1.165, 1.54) is 30.4 Å². The van der Waals surface area contributed by atoms with Crippen molar-refractivity contribution in [2.75, 3.05) is 13.1 Å². The summed E-state index contributed by atoms with van der Waals surface area (Å²) in [5.41, 5.74) is 3.29. The number of rotatable bonds is 14. The highest BCUT2D eigenvalue weighted by Crippen LogP contribution is 2.38. The quantitative estimate of drug-likeness (QED) is 0.0988. The van der Waals surface area contributed by atoms with E-state index in [9.17, 15) is 9.59 Å². The van der Waals surface area contributed by atoms with Crippen molar-refractivity contribution in [1.82, 2.24) is 30.2 Å². The molecule has 2 unspecified atom stereocenters. The van der Waals surface area contributed by atoms with E-state index in [1.54, 1.807) is 0 Å². The molecule has 8 rings (SSSR count). The van der Waals surface area contributed by atoms with Crippen LogP contribution in [0, 0.1) is 25.7 Å². The van der Waals surface area contributed by atoms with Crippen LogP contribution in [0.2, 0.25) is 0 Å². The summed E-state index contributed by atoms with van der Waals surface area (Å²) in [5, 5.41) is 20.2. The van der Waals surface area contributed by atoms with Gasteiger partial charge in [-0.1, -0.05) is 48.7 Å². The van der Waals surface area contributed by atoms with Gasteiger partial charge in [0, 0.05) is 37.1 Å². The first-order valence-electron chi connectivity index (χ1n) is 18.8. The number of ether oxygens (including phenoxy) is 2. The third-order valence-corrected chi connectivity index (χ3v) is 11.5. The van der Waals surface area contributed by atoms with Crippen molar-refractivity contribution in [1.29, 1.82) is 0 Å². The van der Waals surface area contributed by atoms with Crippen molar-refractivity contribution in [2.24, 2.45) is 11.8 Å². The van der Waals surface area contributed by atoms with Crippen molar-refractivity contribution in [2.45, 2.75) is 53.6 Å². The number of aromatic nitrogens is 4. The summed E-state index contributed by atoms with van der Waals surface area (Å²) < 4.78 is 25.3. The van der Waals surface area contributed by atoms with Crippen LogP contribution in [-0.2, 0) is 22.7 Å². The number of carbonyl (C=O) groups excluding carboxylic acids is 2. The Bertz CT molecular complexity index is 2220. The predicted molar refractivity (Wildman–Crippen MR) is 219 cm³/mol. The van der Waals surface area contributed by atoms with Gasteiger partial charge in [0.15, 0.2) is 0 Å². The fraction of sp³-hybridized carbons (Fsp3) is 0.286. The number of hydrogen-bond acceptors (Lipinski definition) is 12. The molecule has 6 aromatic rings. The Morgan fingerprint density at radius 2 is 1.00 bits per heavy atom. The number of carbonyl (C=O) groups is 2. The largest absolute Gasteiger partial charge is 0.658 e. The Morgan fingerprint density at radius 1 is 0.596 bits per heavy atom. The lowest BCUT2D eigenvalue weighted by molar-refractivity contribution is -0.129. The second-order valence-corrected chi connectivity index (χ2v) is 16.8. The average molecular weight is 800 g/mol. The van der Waals surface area contributed by atoms with Gasteiger partial charge in [0.1, 0.15) is 54.5 Å². The lowest BCUT2D eigenvalue weighted by Gasteiger charge is -2.23. The Hall–Kier alpha value is -5.80. The Balaban J connectivity index is 1.03. The van der Waals surface area contributed by atoms with Crippen LogP contribution in [-0.4, -0.2) is 62.8 Å². The van der Waals surface area contributed by atoms with Crippen LogP contribution in [0.1, 0.15) is 47.8 Å². The highest BCUT2D eigenvalue weighted by atomic mass is 32.1. The van der Waals surface area contributed by atoms with E-state index >= 15 is 0 Å². The SMILES string of the molecule is Cc1nnc(-c2ccc(Oc3cccc(O[B]Oc4cccc(Oc5ccc(-c6nnc(C)s6)cc5)c4CN4CC(C)CC4=O)c3CN3CC(C)CC3=O)cc2)s1. The molecule has 0 N–H and O–H groups in total. The number of amides is 2. The molecule has 4 aromatic carbocycles. The number of likely N-dealkylation sites (tertiary alicyclic amines) is 2. The maximum Gasteiger partial charge on any atom is 0.658 e. The van der Waals surface area contributed by atoms with Crippen LogP contribution in [0.15, 0.2) is 84.9 Å².